The molecule has 0 aliphatic heterocycles. The summed E-state index contributed by atoms with van der Waals surface area (Å²) >= 11 is 3.58. The molecule has 1 rings (SSSR count). The predicted octanol–water partition coefficient (Wildman–Crippen LogP) is 2.30. The van der Waals surface area contributed by atoms with Gasteiger partial charge in [0, 0.05) is 42.9 Å². The van der Waals surface area contributed by atoms with Crippen LogP contribution >= 0.6 is 23.1 Å². The van der Waals surface area contributed by atoms with Crippen LogP contribution in [0.3, 0.4) is 0 Å². The van der Waals surface area contributed by atoms with Gasteiger partial charge in [-0.15, -0.1) is 11.3 Å². The van der Waals surface area contributed by atoms with Crippen LogP contribution in [-0.2, 0) is 6.42 Å². The fourth-order valence-corrected chi connectivity index (χ4v) is 2.68. The Kier molecular flexibility index (Phi) is 8.66. The molecule has 0 radical (unpaired) electrons. The van der Waals surface area contributed by atoms with Crippen molar-refractivity contribution in [3.8, 4) is 0 Å². The highest BCUT2D eigenvalue weighted by molar-refractivity contribution is 7.98. The van der Waals surface area contributed by atoms with Crippen molar-refractivity contribution in [2.45, 2.75) is 26.7 Å². The molecule has 108 valence electrons. The minimum atomic E-state index is 0.841. The molecule has 0 unspecified atom stereocenters. The molecule has 0 saturated heterocycles. The third-order valence-electron chi connectivity index (χ3n) is 2.43. The first-order valence-electron chi connectivity index (χ1n) is 6.68. The van der Waals surface area contributed by atoms with Gasteiger partial charge in [0.05, 0.1) is 5.01 Å². The average molecular weight is 300 g/mol. The van der Waals surface area contributed by atoms with Crippen LogP contribution in [0, 0.1) is 6.92 Å². The highest BCUT2D eigenvalue weighted by Crippen LogP contribution is 2.10. The minimum absolute atomic E-state index is 0.841. The van der Waals surface area contributed by atoms with E-state index < -0.39 is 0 Å². The molecule has 0 spiro atoms. The van der Waals surface area contributed by atoms with Crippen molar-refractivity contribution in [1.29, 1.82) is 0 Å². The normalized spacial score (nSPS) is 11.6. The maximum atomic E-state index is 4.57. The number of thioether (sulfide) groups is 1. The Morgan fingerprint density at radius 1 is 1.47 bits per heavy atom. The van der Waals surface area contributed by atoms with E-state index in [1.165, 1.54) is 5.01 Å². The van der Waals surface area contributed by atoms with E-state index in [9.17, 15) is 0 Å². The van der Waals surface area contributed by atoms with Gasteiger partial charge in [0.25, 0.3) is 0 Å². The molecule has 0 atom stereocenters. The van der Waals surface area contributed by atoms with Crippen molar-refractivity contribution in [1.82, 2.24) is 15.6 Å². The zero-order chi connectivity index (χ0) is 13.9. The quantitative estimate of drug-likeness (QED) is 0.439. The van der Waals surface area contributed by atoms with Crippen LogP contribution in [0.15, 0.2) is 10.4 Å². The monoisotopic (exact) mass is 300 g/mol. The van der Waals surface area contributed by atoms with Gasteiger partial charge in [-0.05, 0) is 26.5 Å². The first-order chi connectivity index (χ1) is 9.26. The fraction of sp³-hybridized carbons (Fsp3) is 0.692. The van der Waals surface area contributed by atoms with Crippen molar-refractivity contribution in [3.05, 3.63) is 16.1 Å². The second-order valence-corrected chi connectivity index (χ2v) is 6.09. The number of aliphatic imine (C=N–C) groups is 1. The molecule has 0 fully saturated rings. The number of rotatable bonds is 8. The molecule has 1 aromatic rings. The predicted molar refractivity (Wildman–Crippen MR) is 87.5 cm³/mol. The van der Waals surface area contributed by atoms with Crippen LogP contribution in [0.25, 0.3) is 0 Å². The topological polar surface area (TPSA) is 49.3 Å². The van der Waals surface area contributed by atoms with E-state index in [4.69, 9.17) is 0 Å². The van der Waals surface area contributed by atoms with Crippen molar-refractivity contribution in [2.24, 2.45) is 4.99 Å². The van der Waals surface area contributed by atoms with Crippen LogP contribution in [0.1, 0.15) is 24.0 Å². The summed E-state index contributed by atoms with van der Waals surface area (Å²) in [5.41, 5.74) is 1.12. The lowest BCUT2D eigenvalue weighted by molar-refractivity contribution is 0.792. The van der Waals surface area contributed by atoms with Crippen molar-refractivity contribution in [3.63, 3.8) is 0 Å². The SMILES string of the molecule is CCNC(=NCCCc1nc(C)cs1)NCCSC. The first-order valence-corrected chi connectivity index (χ1v) is 8.95. The highest BCUT2D eigenvalue weighted by Gasteiger charge is 1.99. The average Bonchev–Trinajstić information content (AvgIpc) is 2.80. The summed E-state index contributed by atoms with van der Waals surface area (Å²) in [6.45, 7) is 6.82. The molecule has 0 amide bonds. The molecular weight excluding hydrogens is 276 g/mol. The number of hydrogen-bond acceptors (Lipinski definition) is 4. The first kappa shape index (κ1) is 16.3. The fourth-order valence-electron chi connectivity index (χ4n) is 1.55. The van der Waals surface area contributed by atoms with E-state index >= 15 is 0 Å². The van der Waals surface area contributed by atoms with Gasteiger partial charge in [-0.3, -0.25) is 4.99 Å². The smallest absolute Gasteiger partial charge is 0.191 e. The van der Waals surface area contributed by atoms with Crippen molar-refractivity contribution in [2.75, 3.05) is 31.6 Å². The Morgan fingerprint density at radius 2 is 2.32 bits per heavy atom. The molecule has 19 heavy (non-hydrogen) atoms. The number of aryl methyl sites for hydroxylation is 2. The number of guanidine groups is 1. The Labute approximate surface area is 124 Å². The summed E-state index contributed by atoms with van der Waals surface area (Å²) in [4.78, 5) is 9.03. The van der Waals surface area contributed by atoms with E-state index in [0.717, 1.165) is 49.9 Å². The standard InChI is InChI=1S/C13H24N4S2/c1-4-14-13(16-8-9-18-3)15-7-5-6-12-17-11(2)10-19-12/h10H,4-9H2,1-3H3,(H2,14,15,16). The zero-order valence-electron chi connectivity index (χ0n) is 12.0. The minimum Gasteiger partial charge on any atom is -0.357 e. The molecule has 0 aliphatic rings. The van der Waals surface area contributed by atoms with E-state index in [0.29, 0.717) is 0 Å². The van der Waals surface area contributed by atoms with Crippen LogP contribution < -0.4 is 10.6 Å². The number of nitrogens with one attached hydrogen (secondary N) is 2. The van der Waals surface area contributed by atoms with Crippen molar-refractivity contribution < 1.29 is 0 Å². The van der Waals surface area contributed by atoms with E-state index in [-0.39, 0.29) is 0 Å². The number of thiazole rings is 1. The summed E-state index contributed by atoms with van der Waals surface area (Å²) in [7, 11) is 0. The largest absolute Gasteiger partial charge is 0.357 e. The van der Waals surface area contributed by atoms with Gasteiger partial charge in [-0.2, -0.15) is 11.8 Å². The summed E-state index contributed by atoms with van der Waals surface area (Å²) in [6, 6.07) is 0. The third kappa shape index (κ3) is 7.42. The van der Waals surface area contributed by atoms with Crippen LogP contribution in [0.2, 0.25) is 0 Å². The molecule has 0 bridgehead atoms. The van der Waals surface area contributed by atoms with E-state index in [1.54, 1.807) is 11.3 Å². The van der Waals surface area contributed by atoms with Gasteiger partial charge in [-0.1, -0.05) is 0 Å². The Balaban J connectivity index is 2.25. The highest BCUT2D eigenvalue weighted by atomic mass is 32.2. The summed E-state index contributed by atoms with van der Waals surface area (Å²) in [5.74, 6) is 2.02. The van der Waals surface area contributed by atoms with Gasteiger partial charge in [0.1, 0.15) is 0 Å². The molecule has 4 nitrogen and oxygen atoms in total. The van der Waals surface area contributed by atoms with E-state index in [2.05, 4.69) is 39.2 Å². The Bertz CT molecular complexity index is 376. The van der Waals surface area contributed by atoms with Gasteiger partial charge in [0.15, 0.2) is 5.96 Å². The van der Waals surface area contributed by atoms with Crippen LogP contribution in [0.4, 0.5) is 0 Å². The van der Waals surface area contributed by atoms with Gasteiger partial charge < -0.3 is 10.6 Å². The molecule has 6 heteroatoms. The van der Waals surface area contributed by atoms with Gasteiger partial charge >= 0.3 is 0 Å². The number of hydrogen-bond donors (Lipinski definition) is 2. The molecule has 0 saturated carbocycles. The zero-order valence-corrected chi connectivity index (χ0v) is 13.7. The van der Waals surface area contributed by atoms with E-state index in [1.807, 2.05) is 18.7 Å². The maximum Gasteiger partial charge on any atom is 0.191 e. The Morgan fingerprint density at radius 3 is 2.95 bits per heavy atom. The van der Waals surface area contributed by atoms with Gasteiger partial charge in [0.2, 0.25) is 0 Å². The Hall–Kier alpha value is -0.750. The lowest BCUT2D eigenvalue weighted by Gasteiger charge is -2.10. The van der Waals surface area contributed by atoms with Crippen LogP contribution in [0.5, 0.6) is 0 Å². The van der Waals surface area contributed by atoms with Crippen molar-refractivity contribution >= 4 is 29.1 Å². The third-order valence-corrected chi connectivity index (χ3v) is 4.07. The molecule has 1 heterocycles. The summed E-state index contributed by atoms with van der Waals surface area (Å²) in [6.07, 6.45) is 4.18. The number of nitrogens with zero attached hydrogens (tertiary/aromatic N) is 2. The molecule has 1 aromatic heterocycles. The lowest BCUT2D eigenvalue weighted by Crippen LogP contribution is -2.38. The molecule has 0 aromatic carbocycles. The summed E-state index contributed by atoms with van der Waals surface area (Å²) in [5, 5.41) is 9.91. The molecular formula is C13H24N4S2. The molecule has 0 aliphatic carbocycles. The van der Waals surface area contributed by atoms with Crippen LogP contribution in [-0.4, -0.2) is 42.6 Å². The number of aromatic nitrogens is 1. The maximum absolute atomic E-state index is 4.57. The lowest BCUT2D eigenvalue weighted by atomic mass is 10.3. The second kappa shape index (κ2) is 10.1. The summed E-state index contributed by atoms with van der Waals surface area (Å²) < 4.78 is 0. The van der Waals surface area contributed by atoms with Gasteiger partial charge in [-0.25, -0.2) is 4.98 Å². The second-order valence-electron chi connectivity index (χ2n) is 4.17. The molecule has 2 N–H and O–H groups in total.